The zero-order chi connectivity index (χ0) is 11.5. The third-order valence-corrected chi connectivity index (χ3v) is 3.26. The van der Waals surface area contributed by atoms with E-state index in [1.165, 1.54) is 24.4 Å². The fourth-order valence-electron chi connectivity index (χ4n) is 0.997. The highest BCUT2D eigenvalue weighted by molar-refractivity contribution is 7.89. The molecule has 0 atom stereocenters. The van der Waals surface area contributed by atoms with Gasteiger partial charge in [-0.2, -0.15) is 13.7 Å². The SMILES string of the molecule is CON(C#N)S(=O)(=O)c1ccccc1N. The second-order valence-electron chi connectivity index (χ2n) is 2.55. The van der Waals surface area contributed by atoms with Gasteiger partial charge in [0.2, 0.25) is 6.19 Å². The predicted molar refractivity (Wildman–Crippen MR) is 52.5 cm³/mol. The van der Waals surface area contributed by atoms with E-state index in [9.17, 15) is 8.42 Å². The molecule has 0 saturated carbocycles. The average Bonchev–Trinajstić information content (AvgIpc) is 2.19. The lowest BCUT2D eigenvalue weighted by Crippen LogP contribution is -2.25. The molecular formula is C8H9N3O3S. The molecule has 0 saturated heterocycles. The summed E-state index contributed by atoms with van der Waals surface area (Å²) >= 11 is 0. The average molecular weight is 227 g/mol. The summed E-state index contributed by atoms with van der Waals surface area (Å²) in [5.74, 6) is 0. The number of benzene rings is 1. The quantitative estimate of drug-likeness (QED) is 0.347. The van der Waals surface area contributed by atoms with E-state index in [-0.39, 0.29) is 15.1 Å². The molecule has 1 aromatic rings. The minimum atomic E-state index is -4.01. The van der Waals surface area contributed by atoms with Crippen LogP contribution in [0.4, 0.5) is 5.69 Å². The van der Waals surface area contributed by atoms with E-state index >= 15 is 0 Å². The summed E-state index contributed by atoms with van der Waals surface area (Å²) in [7, 11) is -2.92. The Labute approximate surface area is 87.5 Å². The van der Waals surface area contributed by atoms with Crippen LogP contribution in [0.1, 0.15) is 0 Å². The number of nitrogens with two attached hydrogens (primary N) is 1. The summed E-state index contributed by atoms with van der Waals surface area (Å²) in [5, 5.41) is 8.54. The van der Waals surface area contributed by atoms with Gasteiger partial charge in [0.05, 0.1) is 12.8 Å². The fraction of sp³-hybridized carbons (Fsp3) is 0.125. The number of hydrogen-bond donors (Lipinski definition) is 1. The van der Waals surface area contributed by atoms with Crippen molar-refractivity contribution < 1.29 is 13.3 Å². The van der Waals surface area contributed by atoms with Gasteiger partial charge >= 0.3 is 0 Å². The Kier molecular flexibility index (Phi) is 3.14. The van der Waals surface area contributed by atoms with Crippen LogP contribution in [-0.4, -0.2) is 20.0 Å². The summed E-state index contributed by atoms with van der Waals surface area (Å²) < 4.78 is 23.6. The van der Waals surface area contributed by atoms with Crippen molar-refractivity contribution in [3.05, 3.63) is 24.3 Å². The van der Waals surface area contributed by atoms with Crippen LogP contribution >= 0.6 is 0 Å². The molecule has 0 aliphatic carbocycles. The molecule has 0 radical (unpaired) electrons. The van der Waals surface area contributed by atoms with Crippen molar-refractivity contribution in [3.63, 3.8) is 0 Å². The van der Waals surface area contributed by atoms with E-state index in [4.69, 9.17) is 11.0 Å². The van der Waals surface area contributed by atoms with Gasteiger partial charge in [-0.1, -0.05) is 16.6 Å². The van der Waals surface area contributed by atoms with E-state index in [0.29, 0.717) is 0 Å². The van der Waals surface area contributed by atoms with Gasteiger partial charge in [-0.25, -0.2) is 0 Å². The number of sulfonamides is 1. The molecule has 0 bridgehead atoms. The van der Waals surface area contributed by atoms with E-state index in [1.54, 1.807) is 6.07 Å². The smallest absolute Gasteiger partial charge is 0.297 e. The Balaban J connectivity index is 3.31. The van der Waals surface area contributed by atoms with E-state index in [1.807, 2.05) is 0 Å². The number of nitrogens with zero attached hydrogens (tertiary/aromatic N) is 2. The number of anilines is 1. The Morgan fingerprint density at radius 3 is 2.53 bits per heavy atom. The van der Waals surface area contributed by atoms with Gasteiger partial charge in [0.1, 0.15) is 4.90 Å². The van der Waals surface area contributed by atoms with Crippen LogP contribution in [-0.2, 0) is 14.9 Å². The second kappa shape index (κ2) is 4.16. The molecule has 0 aliphatic heterocycles. The number of nitriles is 1. The van der Waals surface area contributed by atoms with Crippen LogP contribution in [0.25, 0.3) is 0 Å². The highest BCUT2D eigenvalue weighted by atomic mass is 32.2. The summed E-state index contributed by atoms with van der Waals surface area (Å²) in [5.41, 5.74) is 5.55. The minimum Gasteiger partial charge on any atom is -0.398 e. The minimum absolute atomic E-state index is 0.0646. The maximum absolute atomic E-state index is 11.7. The van der Waals surface area contributed by atoms with Crippen molar-refractivity contribution >= 4 is 15.7 Å². The summed E-state index contributed by atoms with van der Waals surface area (Å²) in [6.07, 6.45) is 1.39. The number of rotatable bonds is 3. The maximum Gasteiger partial charge on any atom is 0.297 e. The molecule has 0 amide bonds. The lowest BCUT2D eigenvalue weighted by atomic mass is 10.3. The summed E-state index contributed by atoms with van der Waals surface area (Å²) in [6.45, 7) is 0. The topological polar surface area (TPSA) is 96.4 Å². The Morgan fingerprint density at radius 1 is 1.47 bits per heavy atom. The molecule has 2 N–H and O–H groups in total. The Bertz CT molecular complexity index is 492. The molecular weight excluding hydrogens is 218 g/mol. The molecule has 6 nitrogen and oxygen atoms in total. The van der Waals surface area contributed by atoms with Gasteiger partial charge in [0.15, 0.2) is 0 Å². The van der Waals surface area contributed by atoms with Crippen molar-refractivity contribution in [1.29, 1.82) is 5.26 Å². The number of para-hydroxylation sites is 1. The van der Waals surface area contributed by atoms with Crippen molar-refractivity contribution in [1.82, 2.24) is 4.47 Å². The molecule has 15 heavy (non-hydrogen) atoms. The predicted octanol–water partition coefficient (Wildman–Crippen LogP) is 0.302. The fourth-order valence-corrected chi connectivity index (χ4v) is 2.10. The highest BCUT2D eigenvalue weighted by Crippen LogP contribution is 2.21. The van der Waals surface area contributed by atoms with Crippen LogP contribution in [0, 0.1) is 11.5 Å². The van der Waals surface area contributed by atoms with Crippen LogP contribution in [0.3, 0.4) is 0 Å². The number of hydroxylamine groups is 1. The first-order valence-corrected chi connectivity index (χ1v) is 5.31. The molecule has 0 unspecified atom stereocenters. The first kappa shape index (κ1) is 11.3. The van der Waals surface area contributed by atoms with E-state index in [0.717, 1.165) is 7.11 Å². The lowest BCUT2D eigenvalue weighted by molar-refractivity contribution is 0.00221. The number of nitrogen functional groups attached to an aromatic ring is 1. The molecule has 0 aromatic heterocycles. The highest BCUT2D eigenvalue weighted by Gasteiger charge is 2.25. The van der Waals surface area contributed by atoms with Gasteiger partial charge < -0.3 is 5.73 Å². The van der Waals surface area contributed by atoms with E-state index < -0.39 is 10.0 Å². The van der Waals surface area contributed by atoms with Gasteiger partial charge in [-0.3, -0.25) is 4.84 Å². The van der Waals surface area contributed by atoms with Crippen molar-refractivity contribution in [3.8, 4) is 6.19 Å². The van der Waals surface area contributed by atoms with Gasteiger partial charge in [0, 0.05) is 0 Å². The van der Waals surface area contributed by atoms with Crippen molar-refractivity contribution in [2.75, 3.05) is 12.8 Å². The van der Waals surface area contributed by atoms with Gasteiger partial charge in [0.25, 0.3) is 10.0 Å². The van der Waals surface area contributed by atoms with Gasteiger partial charge in [-0.05, 0) is 12.1 Å². The third kappa shape index (κ3) is 2.01. The zero-order valence-electron chi connectivity index (χ0n) is 7.91. The van der Waals surface area contributed by atoms with Crippen molar-refractivity contribution in [2.24, 2.45) is 0 Å². The molecule has 0 spiro atoms. The lowest BCUT2D eigenvalue weighted by Gasteiger charge is -2.13. The van der Waals surface area contributed by atoms with Crippen LogP contribution in [0.5, 0.6) is 0 Å². The summed E-state index contributed by atoms with van der Waals surface area (Å²) in [4.78, 5) is 4.24. The summed E-state index contributed by atoms with van der Waals surface area (Å²) in [6, 6.07) is 5.83. The van der Waals surface area contributed by atoms with E-state index in [2.05, 4.69) is 4.84 Å². The second-order valence-corrected chi connectivity index (χ2v) is 4.27. The molecule has 0 aliphatic rings. The monoisotopic (exact) mass is 227 g/mol. The molecule has 80 valence electrons. The van der Waals surface area contributed by atoms with Crippen LogP contribution in [0.15, 0.2) is 29.2 Å². The van der Waals surface area contributed by atoms with Crippen molar-refractivity contribution in [2.45, 2.75) is 4.90 Å². The van der Waals surface area contributed by atoms with Crippen LogP contribution in [0.2, 0.25) is 0 Å². The zero-order valence-corrected chi connectivity index (χ0v) is 8.73. The normalized spacial score (nSPS) is 10.7. The Hall–Kier alpha value is -1.78. The Morgan fingerprint density at radius 2 is 2.07 bits per heavy atom. The molecule has 7 heteroatoms. The molecule has 1 rings (SSSR count). The first-order valence-electron chi connectivity index (χ1n) is 3.87. The molecule has 1 aromatic carbocycles. The largest absolute Gasteiger partial charge is 0.398 e. The molecule has 0 heterocycles. The number of hydrogen-bond acceptors (Lipinski definition) is 5. The van der Waals surface area contributed by atoms with Gasteiger partial charge in [-0.15, -0.1) is 0 Å². The standard InChI is InChI=1S/C8H9N3O3S/c1-14-11(6-9)15(12,13)8-5-3-2-4-7(8)10/h2-5H,10H2,1H3. The van der Waals surface area contributed by atoms with Crippen LogP contribution < -0.4 is 5.73 Å². The first-order chi connectivity index (χ1) is 7.04. The molecule has 0 fully saturated rings. The maximum atomic E-state index is 11.7. The third-order valence-electron chi connectivity index (χ3n) is 1.66.